The second-order valence-electron chi connectivity index (χ2n) is 4.35. The Morgan fingerprint density at radius 3 is 2.65 bits per heavy atom. The Morgan fingerprint density at radius 1 is 1.15 bits per heavy atom. The van der Waals surface area contributed by atoms with E-state index in [-0.39, 0.29) is 0 Å². The monoisotopic (exact) mass is 325 g/mol. The van der Waals surface area contributed by atoms with Crippen LogP contribution in [0, 0.1) is 0 Å². The highest BCUT2D eigenvalue weighted by Gasteiger charge is 2.12. The van der Waals surface area contributed by atoms with Crippen molar-refractivity contribution in [3.8, 4) is 11.3 Å². The number of aromatic nitrogens is 3. The van der Waals surface area contributed by atoms with Crippen molar-refractivity contribution in [2.75, 3.05) is 0 Å². The van der Waals surface area contributed by atoms with Gasteiger partial charge in [0, 0.05) is 22.2 Å². The second kappa shape index (κ2) is 5.24. The highest BCUT2D eigenvalue weighted by molar-refractivity contribution is 6.36. The summed E-state index contributed by atoms with van der Waals surface area (Å²) in [6, 6.07) is 7.05. The highest BCUT2D eigenvalue weighted by atomic mass is 35.5. The standard InChI is InChI=1S/C14H10Cl3N3/c1-2-8-7-18-20-13(17)6-12(19-14(8)20)10-4-3-9(15)5-11(10)16/h3-7H,2H2,1H3. The summed E-state index contributed by atoms with van der Waals surface area (Å²) in [4.78, 5) is 4.62. The maximum atomic E-state index is 6.26. The minimum atomic E-state index is 0.496. The fourth-order valence-electron chi connectivity index (χ4n) is 2.06. The van der Waals surface area contributed by atoms with Crippen LogP contribution in [0.2, 0.25) is 15.2 Å². The molecule has 0 aliphatic carbocycles. The molecular formula is C14H10Cl3N3. The lowest BCUT2D eigenvalue weighted by atomic mass is 10.1. The van der Waals surface area contributed by atoms with Crippen LogP contribution in [0.1, 0.15) is 12.5 Å². The molecule has 0 saturated heterocycles. The normalized spacial score (nSPS) is 11.2. The first kappa shape index (κ1) is 13.7. The van der Waals surface area contributed by atoms with E-state index in [1.165, 1.54) is 0 Å². The number of aryl methyl sites for hydroxylation is 1. The predicted octanol–water partition coefficient (Wildman–Crippen LogP) is 4.92. The zero-order valence-corrected chi connectivity index (χ0v) is 12.8. The molecule has 0 atom stereocenters. The Bertz CT molecular complexity index is 796. The van der Waals surface area contributed by atoms with Crippen LogP contribution in [0.3, 0.4) is 0 Å². The van der Waals surface area contributed by atoms with Crippen LogP contribution in [0.5, 0.6) is 0 Å². The first-order valence-corrected chi connectivity index (χ1v) is 7.22. The van der Waals surface area contributed by atoms with Crippen molar-refractivity contribution in [2.45, 2.75) is 13.3 Å². The van der Waals surface area contributed by atoms with Crippen molar-refractivity contribution in [1.82, 2.24) is 14.6 Å². The topological polar surface area (TPSA) is 30.2 Å². The summed E-state index contributed by atoms with van der Waals surface area (Å²) in [5.41, 5.74) is 3.29. The first-order valence-electron chi connectivity index (χ1n) is 6.08. The molecule has 20 heavy (non-hydrogen) atoms. The van der Waals surface area contributed by atoms with E-state index in [9.17, 15) is 0 Å². The fourth-order valence-corrected chi connectivity index (χ4v) is 2.79. The number of nitrogens with zero attached hydrogens (tertiary/aromatic N) is 3. The van der Waals surface area contributed by atoms with Gasteiger partial charge >= 0.3 is 0 Å². The second-order valence-corrected chi connectivity index (χ2v) is 5.58. The van der Waals surface area contributed by atoms with Gasteiger partial charge in [0.15, 0.2) is 5.65 Å². The van der Waals surface area contributed by atoms with Crippen molar-refractivity contribution < 1.29 is 0 Å². The molecule has 0 amide bonds. The summed E-state index contributed by atoms with van der Waals surface area (Å²) in [5.74, 6) is 0. The van der Waals surface area contributed by atoms with E-state index in [0.29, 0.717) is 20.9 Å². The van der Waals surface area contributed by atoms with Gasteiger partial charge in [-0.25, -0.2) is 9.50 Å². The maximum absolute atomic E-state index is 6.26. The largest absolute Gasteiger partial charge is 0.228 e. The van der Waals surface area contributed by atoms with Crippen LogP contribution in [0.25, 0.3) is 16.9 Å². The predicted molar refractivity (Wildman–Crippen MR) is 82.8 cm³/mol. The van der Waals surface area contributed by atoms with Gasteiger partial charge in [-0.3, -0.25) is 0 Å². The Hall–Kier alpha value is -1.29. The van der Waals surface area contributed by atoms with Gasteiger partial charge < -0.3 is 0 Å². The zero-order chi connectivity index (χ0) is 14.3. The van der Waals surface area contributed by atoms with E-state index in [1.807, 2.05) is 6.07 Å². The van der Waals surface area contributed by atoms with Crippen LogP contribution in [0.15, 0.2) is 30.5 Å². The third-order valence-corrected chi connectivity index (χ3v) is 3.91. The van der Waals surface area contributed by atoms with E-state index < -0.39 is 0 Å². The number of hydrogen-bond donors (Lipinski definition) is 0. The Morgan fingerprint density at radius 2 is 1.95 bits per heavy atom. The lowest BCUT2D eigenvalue weighted by Crippen LogP contribution is -1.96. The Balaban J connectivity index is 2.26. The van der Waals surface area contributed by atoms with Crippen LogP contribution < -0.4 is 0 Å². The summed E-state index contributed by atoms with van der Waals surface area (Å²) in [6.07, 6.45) is 2.62. The smallest absolute Gasteiger partial charge is 0.160 e. The summed E-state index contributed by atoms with van der Waals surface area (Å²) in [6.45, 7) is 2.05. The Kier molecular flexibility index (Phi) is 3.59. The van der Waals surface area contributed by atoms with E-state index >= 15 is 0 Å². The van der Waals surface area contributed by atoms with Crippen LogP contribution in [0.4, 0.5) is 0 Å². The maximum Gasteiger partial charge on any atom is 0.160 e. The lowest BCUT2D eigenvalue weighted by Gasteiger charge is -2.07. The van der Waals surface area contributed by atoms with Gasteiger partial charge in [0.05, 0.1) is 16.9 Å². The summed E-state index contributed by atoms with van der Waals surface area (Å²) in [7, 11) is 0. The van der Waals surface area contributed by atoms with E-state index in [0.717, 1.165) is 23.2 Å². The summed E-state index contributed by atoms with van der Waals surface area (Å²) < 4.78 is 1.62. The number of hydrogen-bond acceptors (Lipinski definition) is 2. The van der Waals surface area contributed by atoms with Crippen molar-refractivity contribution >= 4 is 40.4 Å². The SMILES string of the molecule is CCc1cnn2c(Cl)cc(-c3ccc(Cl)cc3Cl)nc12. The first-order chi connectivity index (χ1) is 9.60. The van der Waals surface area contributed by atoms with Gasteiger partial charge in [-0.1, -0.05) is 41.7 Å². The molecule has 1 aromatic carbocycles. The van der Waals surface area contributed by atoms with Crippen molar-refractivity contribution in [2.24, 2.45) is 0 Å². The molecule has 0 fully saturated rings. The van der Waals surface area contributed by atoms with Gasteiger partial charge in [0.2, 0.25) is 0 Å². The van der Waals surface area contributed by atoms with Gasteiger partial charge in [-0.05, 0) is 24.6 Å². The molecule has 2 heterocycles. The van der Waals surface area contributed by atoms with Crippen molar-refractivity contribution in [3.63, 3.8) is 0 Å². The number of rotatable bonds is 2. The van der Waals surface area contributed by atoms with Gasteiger partial charge in [0.1, 0.15) is 5.15 Å². The third-order valence-electron chi connectivity index (χ3n) is 3.09. The van der Waals surface area contributed by atoms with Gasteiger partial charge in [-0.2, -0.15) is 5.10 Å². The molecule has 0 N–H and O–H groups in total. The number of fused-ring (bicyclic) bond motifs is 1. The van der Waals surface area contributed by atoms with Crippen molar-refractivity contribution in [1.29, 1.82) is 0 Å². The zero-order valence-electron chi connectivity index (χ0n) is 10.6. The molecule has 0 spiro atoms. The molecule has 2 aromatic heterocycles. The molecule has 0 bridgehead atoms. The molecule has 0 aliphatic rings. The van der Waals surface area contributed by atoms with E-state index in [2.05, 4.69) is 17.0 Å². The number of benzene rings is 1. The highest BCUT2D eigenvalue weighted by Crippen LogP contribution is 2.31. The Labute approximate surface area is 131 Å². The molecule has 3 aromatic rings. The van der Waals surface area contributed by atoms with Crippen molar-refractivity contribution in [3.05, 3.63) is 51.2 Å². The number of halogens is 3. The fraction of sp³-hybridized carbons (Fsp3) is 0.143. The lowest BCUT2D eigenvalue weighted by molar-refractivity contribution is 0.941. The molecule has 0 radical (unpaired) electrons. The minimum Gasteiger partial charge on any atom is -0.228 e. The quantitative estimate of drug-likeness (QED) is 0.626. The van der Waals surface area contributed by atoms with E-state index in [1.54, 1.807) is 28.9 Å². The molecule has 6 heteroatoms. The van der Waals surface area contributed by atoms with Crippen LogP contribution >= 0.6 is 34.8 Å². The third kappa shape index (κ3) is 2.26. The summed E-state index contributed by atoms with van der Waals surface area (Å²) >= 11 is 18.4. The minimum absolute atomic E-state index is 0.496. The molecule has 102 valence electrons. The molecule has 0 aliphatic heterocycles. The van der Waals surface area contributed by atoms with Crippen LogP contribution in [-0.2, 0) is 6.42 Å². The summed E-state index contributed by atoms with van der Waals surface area (Å²) in [5, 5.41) is 5.86. The van der Waals surface area contributed by atoms with E-state index in [4.69, 9.17) is 34.8 Å². The average Bonchev–Trinajstić information content (AvgIpc) is 2.82. The molecule has 0 saturated carbocycles. The van der Waals surface area contributed by atoms with Crippen LogP contribution in [-0.4, -0.2) is 14.6 Å². The van der Waals surface area contributed by atoms with Gasteiger partial charge in [-0.15, -0.1) is 0 Å². The van der Waals surface area contributed by atoms with Gasteiger partial charge in [0.25, 0.3) is 0 Å². The molecule has 3 rings (SSSR count). The molecular weight excluding hydrogens is 317 g/mol. The average molecular weight is 327 g/mol. The molecule has 3 nitrogen and oxygen atoms in total. The molecule has 0 unspecified atom stereocenters.